The molecule has 600 valence electrons. The minimum absolute atomic E-state index is 0.108. The molecule has 0 fully saturated rings. The molecule has 0 aromatic carbocycles. The van der Waals surface area contributed by atoms with E-state index in [1.54, 1.807) is 0 Å². The topological polar surface area (TPSA) is 237 Å². The van der Waals surface area contributed by atoms with Gasteiger partial charge in [0.15, 0.2) is 12.2 Å². The fraction of sp³-hybridized carbons (Fsp3) is 0.951. The summed E-state index contributed by atoms with van der Waals surface area (Å²) in [6.45, 7) is 9.64. The lowest BCUT2D eigenvalue weighted by atomic mass is 10.0. The molecule has 17 nitrogen and oxygen atoms in total. The second-order valence-electron chi connectivity index (χ2n) is 30.5. The number of esters is 4. The summed E-state index contributed by atoms with van der Waals surface area (Å²) in [5.74, 6) is -0.584. The molecule has 19 heteroatoms. The van der Waals surface area contributed by atoms with E-state index in [2.05, 4.69) is 41.5 Å². The van der Waals surface area contributed by atoms with Crippen molar-refractivity contribution in [1.29, 1.82) is 0 Å². The zero-order valence-corrected chi connectivity index (χ0v) is 68.0. The SMILES string of the molecule is CCCCCCCCCCCCCCCCCCCC(=O)OC[C@H](COP(=O)(O)OC[C@@H](O)COP(=O)(O)OC[C@@H](COC(=O)CCCCCCCCCCC(C)C)OC(=O)CCCCCCCCCCCCCCCCCC)OC(=O)CCCCCCCCCCCCCCCCC(C)C. The first kappa shape index (κ1) is 99.1. The summed E-state index contributed by atoms with van der Waals surface area (Å²) in [7, 11) is -9.92. The molecule has 0 rings (SSSR count). The van der Waals surface area contributed by atoms with Crippen molar-refractivity contribution in [3.8, 4) is 0 Å². The van der Waals surface area contributed by atoms with Crippen LogP contribution in [0.4, 0.5) is 0 Å². The molecule has 0 heterocycles. The van der Waals surface area contributed by atoms with Crippen molar-refractivity contribution in [2.24, 2.45) is 11.8 Å². The summed E-state index contributed by atoms with van der Waals surface area (Å²) in [6, 6.07) is 0. The Labute approximate surface area is 619 Å². The maximum Gasteiger partial charge on any atom is 0.472 e. The highest BCUT2D eigenvalue weighted by molar-refractivity contribution is 7.47. The van der Waals surface area contributed by atoms with Crippen LogP contribution in [0.15, 0.2) is 0 Å². The monoisotopic (exact) mass is 1480 g/mol. The van der Waals surface area contributed by atoms with Crippen molar-refractivity contribution in [3.05, 3.63) is 0 Å². The number of unbranched alkanes of at least 4 members (excludes halogenated alkanes) is 51. The highest BCUT2D eigenvalue weighted by Crippen LogP contribution is 2.45. The van der Waals surface area contributed by atoms with Crippen LogP contribution in [-0.4, -0.2) is 96.7 Å². The van der Waals surface area contributed by atoms with E-state index in [0.29, 0.717) is 25.7 Å². The molecular weight excluding hydrogens is 1320 g/mol. The average molecular weight is 1480 g/mol. The largest absolute Gasteiger partial charge is 0.472 e. The molecule has 0 saturated carbocycles. The van der Waals surface area contributed by atoms with Crippen molar-refractivity contribution < 1.29 is 80.2 Å². The van der Waals surface area contributed by atoms with Gasteiger partial charge in [-0.05, 0) is 37.5 Å². The Morgan fingerprint density at radius 2 is 0.455 bits per heavy atom. The Bertz CT molecular complexity index is 1940. The van der Waals surface area contributed by atoms with Crippen LogP contribution in [0, 0.1) is 11.8 Å². The summed E-state index contributed by atoms with van der Waals surface area (Å²) in [4.78, 5) is 73.1. The van der Waals surface area contributed by atoms with Crippen LogP contribution in [0.25, 0.3) is 0 Å². The van der Waals surface area contributed by atoms with E-state index in [1.165, 1.54) is 250 Å². The van der Waals surface area contributed by atoms with E-state index < -0.39 is 97.5 Å². The second-order valence-corrected chi connectivity index (χ2v) is 33.4. The normalized spacial score (nSPS) is 13.9. The van der Waals surface area contributed by atoms with Gasteiger partial charge in [-0.15, -0.1) is 0 Å². The number of ether oxygens (including phenoxy) is 4. The number of phosphoric acid groups is 2. The Kier molecular flexibility index (Phi) is 72.2. The molecule has 0 saturated heterocycles. The highest BCUT2D eigenvalue weighted by Gasteiger charge is 2.30. The van der Waals surface area contributed by atoms with E-state index in [4.69, 9.17) is 37.0 Å². The molecule has 5 atom stereocenters. The van der Waals surface area contributed by atoms with Crippen LogP contribution in [0.1, 0.15) is 433 Å². The molecule has 0 radical (unpaired) electrons. The molecule has 0 aliphatic rings. The second kappa shape index (κ2) is 73.6. The molecule has 0 aliphatic carbocycles. The maximum atomic E-state index is 13.1. The predicted molar refractivity (Wildman–Crippen MR) is 414 cm³/mol. The van der Waals surface area contributed by atoms with Crippen LogP contribution in [0.3, 0.4) is 0 Å². The van der Waals surface area contributed by atoms with Gasteiger partial charge >= 0.3 is 39.5 Å². The lowest BCUT2D eigenvalue weighted by molar-refractivity contribution is -0.161. The Morgan fingerprint density at radius 1 is 0.267 bits per heavy atom. The zero-order valence-electron chi connectivity index (χ0n) is 66.2. The fourth-order valence-corrected chi connectivity index (χ4v) is 14.3. The summed E-state index contributed by atoms with van der Waals surface area (Å²) in [5.41, 5.74) is 0. The van der Waals surface area contributed by atoms with E-state index in [0.717, 1.165) is 102 Å². The first-order valence-electron chi connectivity index (χ1n) is 42.5. The lowest BCUT2D eigenvalue weighted by Gasteiger charge is -2.21. The van der Waals surface area contributed by atoms with Gasteiger partial charge in [0.25, 0.3) is 0 Å². The van der Waals surface area contributed by atoms with Crippen LogP contribution in [-0.2, 0) is 65.4 Å². The third kappa shape index (κ3) is 76.1. The third-order valence-electron chi connectivity index (χ3n) is 19.2. The van der Waals surface area contributed by atoms with Gasteiger partial charge in [0, 0.05) is 25.7 Å². The quantitative estimate of drug-likeness (QED) is 0.0222. The van der Waals surface area contributed by atoms with Gasteiger partial charge in [0.1, 0.15) is 19.3 Å². The van der Waals surface area contributed by atoms with E-state index in [-0.39, 0.29) is 25.7 Å². The minimum Gasteiger partial charge on any atom is -0.462 e. The molecule has 101 heavy (non-hydrogen) atoms. The van der Waals surface area contributed by atoms with Crippen molar-refractivity contribution in [2.75, 3.05) is 39.6 Å². The smallest absolute Gasteiger partial charge is 0.462 e. The first-order valence-corrected chi connectivity index (χ1v) is 45.5. The van der Waals surface area contributed by atoms with Crippen LogP contribution in [0.2, 0.25) is 0 Å². The third-order valence-corrected chi connectivity index (χ3v) is 21.1. The number of phosphoric ester groups is 2. The van der Waals surface area contributed by atoms with E-state index in [1.807, 2.05) is 0 Å². The first-order chi connectivity index (χ1) is 48.9. The molecule has 3 N–H and O–H groups in total. The lowest BCUT2D eigenvalue weighted by Crippen LogP contribution is -2.30. The molecule has 2 unspecified atom stereocenters. The number of carbonyl (C=O) groups excluding carboxylic acids is 4. The Hall–Kier alpha value is -1.94. The van der Waals surface area contributed by atoms with Gasteiger partial charge < -0.3 is 33.8 Å². The fourth-order valence-electron chi connectivity index (χ4n) is 12.7. The number of rotatable bonds is 81. The molecule has 0 spiro atoms. The minimum atomic E-state index is -4.96. The summed E-state index contributed by atoms with van der Waals surface area (Å²) in [6.07, 6.45) is 63.8. The van der Waals surface area contributed by atoms with Crippen LogP contribution < -0.4 is 0 Å². The predicted octanol–water partition coefficient (Wildman–Crippen LogP) is 24.7. The molecule has 0 amide bonds. The summed E-state index contributed by atoms with van der Waals surface area (Å²) in [5, 5.41) is 10.7. The van der Waals surface area contributed by atoms with Gasteiger partial charge in [0.2, 0.25) is 0 Å². The molecule has 0 aromatic rings. The summed E-state index contributed by atoms with van der Waals surface area (Å²) < 4.78 is 68.8. The molecule has 0 bridgehead atoms. The van der Waals surface area contributed by atoms with Crippen molar-refractivity contribution in [2.45, 2.75) is 452 Å². The van der Waals surface area contributed by atoms with Gasteiger partial charge in [-0.3, -0.25) is 37.3 Å². The van der Waals surface area contributed by atoms with Gasteiger partial charge in [-0.2, -0.15) is 0 Å². The van der Waals surface area contributed by atoms with Crippen molar-refractivity contribution in [1.82, 2.24) is 0 Å². The molecular formula is C82H160O17P2. The van der Waals surface area contributed by atoms with Gasteiger partial charge in [0.05, 0.1) is 26.4 Å². The molecule has 0 aliphatic heterocycles. The number of carbonyl (C=O) groups is 4. The van der Waals surface area contributed by atoms with Crippen molar-refractivity contribution in [3.63, 3.8) is 0 Å². The zero-order chi connectivity index (χ0) is 74.2. The molecule has 0 aromatic heterocycles. The maximum absolute atomic E-state index is 13.1. The van der Waals surface area contributed by atoms with Gasteiger partial charge in [-0.1, -0.05) is 382 Å². The van der Waals surface area contributed by atoms with Crippen molar-refractivity contribution >= 4 is 39.5 Å². The van der Waals surface area contributed by atoms with Gasteiger partial charge in [-0.25, -0.2) is 9.13 Å². The van der Waals surface area contributed by atoms with Crippen LogP contribution >= 0.6 is 15.6 Å². The Morgan fingerprint density at radius 3 is 0.673 bits per heavy atom. The average Bonchev–Trinajstić information content (AvgIpc) is 0.974. The van der Waals surface area contributed by atoms with Crippen LogP contribution in [0.5, 0.6) is 0 Å². The highest BCUT2D eigenvalue weighted by atomic mass is 31.2. The number of aliphatic hydroxyl groups excluding tert-OH is 1. The van der Waals surface area contributed by atoms with E-state index >= 15 is 0 Å². The number of hydrogen-bond acceptors (Lipinski definition) is 15. The summed E-state index contributed by atoms with van der Waals surface area (Å²) >= 11 is 0. The Balaban J connectivity index is 5.25. The number of aliphatic hydroxyl groups is 1. The van der Waals surface area contributed by atoms with E-state index in [9.17, 15) is 43.2 Å². The number of hydrogen-bond donors (Lipinski definition) is 3. The standard InChI is InChI=1S/C82H160O17P2/c1-7-9-11-13-15-17-19-21-23-25-27-31-35-39-46-52-58-64-79(84)92-70-77(98-81(86)67-61-55-49-41-37-33-29-28-30-34-38-44-50-56-62-74(3)4)72-96-100(88,89)94-68-76(83)69-95-101(90,91)97-73-78(71-93-80(85)65-59-53-47-43-42-45-51-57-63-75(5)6)99-82(87)66-60-54-48-40-36-32-26-24-22-20-18-16-14-12-10-8-2/h74-78,83H,7-73H2,1-6H3,(H,88,89)(H,90,91)/t76-,77-,78-/m1/s1.